The Hall–Kier alpha value is -1.26. The van der Waals surface area contributed by atoms with Gasteiger partial charge in [0, 0.05) is 30.2 Å². The van der Waals surface area contributed by atoms with Gasteiger partial charge in [-0.2, -0.15) is 0 Å². The van der Waals surface area contributed by atoms with E-state index in [1.54, 1.807) is 13.2 Å². The van der Waals surface area contributed by atoms with Gasteiger partial charge in [-0.05, 0) is 31.5 Å². The summed E-state index contributed by atoms with van der Waals surface area (Å²) in [4.78, 5) is 0. The molecule has 0 aromatic heterocycles. The molecule has 0 amide bonds. The monoisotopic (exact) mass is 265 g/mol. The van der Waals surface area contributed by atoms with Crippen LogP contribution >= 0.6 is 0 Å². The summed E-state index contributed by atoms with van der Waals surface area (Å²) in [5.74, 6) is 0.377. The molecule has 19 heavy (non-hydrogen) atoms. The highest BCUT2D eigenvalue weighted by Gasteiger charge is 2.48. The predicted molar refractivity (Wildman–Crippen MR) is 74.3 cm³/mol. The van der Waals surface area contributed by atoms with Crippen molar-refractivity contribution < 1.29 is 14.9 Å². The molecule has 4 heteroatoms. The molecule has 3 unspecified atom stereocenters. The van der Waals surface area contributed by atoms with Crippen LogP contribution in [0.1, 0.15) is 38.8 Å². The summed E-state index contributed by atoms with van der Waals surface area (Å²) in [6, 6.07) is 4.93. The zero-order valence-corrected chi connectivity index (χ0v) is 12.0. The normalized spacial score (nSPS) is 26.7. The lowest BCUT2D eigenvalue weighted by Gasteiger charge is -2.52. The van der Waals surface area contributed by atoms with Crippen molar-refractivity contribution in [3.05, 3.63) is 23.8 Å². The Labute approximate surface area is 114 Å². The number of rotatable bonds is 4. The fraction of sp³-hybridized carbons (Fsp3) is 0.600. The minimum absolute atomic E-state index is 0.0193. The first-order valence-electron chi connectivity index (χ1n) is 6.67. The van der Waals surface area contributed by atoms with E-state index in [9.17, 15) is 10.2 Å². The minimum atomic E-state index is -0.0193. The Morgan fingerprint density at radius 3 is 2.63 bits per heavy atom. The van der Waals surface area contributed by atoms with E-state index in [1.807, 2.05) is 6.92 Å². The second-order valence-electron chi connectivity index (χ2n) is 5.97. The molecule has 0 aliphatic heterocycles. The number of hydrogen-bond acceptors (Lipinski definition) is 4. The molecular weight excluding hydrogens is 242 g/mol. The number of methoxy groups -OCH3 is 1. The van der Waals surface area contributed by atoms with Crippen LogP contribution < -0.4 is 5.32 Å². The predicted octanol–water partition coefficient (Wildman–Crippen LogP) is 2.56. The Morgan fingerprint density at radius 2 is 2.05 bits per heavy atom. The van der Waals surface area contributed by atoms with E-state index in [2.05, 4.69) is 19.2 Å². The third-order valence-electron chi connectivity index (χ3n) is 4.39. The van der Waals surface area contributed by atoms with Crippen LogP contribution in [0, 0.1) is 5.41 Å². The molecule has 106 valence electrons. The molecule has 1 aliphatic rings. The standard InChI is InChI=1S/C15H23NO3/c1-9(11-7-10(17)5-6-12(11)18)16-13-8-14(19-4)15(13,2)3/h5-7,9,13-14,16-18H,8H2,1-4H3. The third kappa shape index (κ3) is 2.55. The average Bonchev–Trinajstić information content (AvgIpc) is 2.36. The zero-order chi connectivity index (χ0) is 14.2. The van der Waals surface area contributed by atoms with Crippen molar-refractivity contribution in [3.63, 3.8) is 0 Å². The molecule has 1 fully saturated rings. The number of phenols is 2. The Morgan fingerprint density at radius 1 is 1.37 bits per heavy atom. The number of phenolic OH excluding ortho intramolecular Hbond substituents is 2. The van der Waals surface area contributed by atoms with E-state index in [4.69, 9.17) is 4.74 Å². The lowest BCUT2D eigenvalue weighted by molar-refractivity contribution is -0.0999. The first-order chi connectivity index (χ1) is 8.86. The zero-order valence-electron chi connectivity index (χ0n) is 12.0. The van der Waals surface area contributed by atoms with Crippen molar-refractivity contribution in [1.82, 2.24) is 5.32 Å². The van der Waals surface area contributed by atoms with E-state index < -0.39 is 0 Å². The first-order valence-corrected chi connectivity index (χ1v) is 6.67. The van der Waals surface area contributed by atoms with E-state index >= 15 is 0 Å². The number of benzene rings is 1. The van der Waals surface area contributed by atoms with Crippen molar-refractivity contribution in [2.45, 2.75) is 45.4 Å². The lowest BCUT2D eigenvalue weighted by atomic mass is 9.64. The van der Waals surface area contributed by atoms with Gasteiger partial charge in [0.15, 0.2) is 0 Å². The highest BCUT2D eigenvalue weighted by Crippen LogP contribution is 2.43. The maximum Gasteiger partial charge on any atom is 0.120 e. The molecule has 0 spiro atoms. The largest absolute Gasteiger partial charge is 0.508 e. The average molecular weight is 265 g/mol. The van der Waals surface area contributed by atoms with Gasteiger partial charge in [-0.1, -0.05) is 13.8 Å². The molecule has 3 N–H and O–H groups in total. The van der Waals surface area contributed by atoms with Crippen molar-refractivity contribution in [2.75, 3.05) is 7.11 Å². The maximum atomic E-state index is 9.86. The Bertz CT molecular complexity index is 459. The summed E-state index contributed by atoms with van der Waals surface area (Å²) in [5, 5.41) is 22.9. The molecule has 1 saturated carbocycles. The summed E-state index contributed by atoms with van der Waals surface area (Å²) in [5.41, 5.74) is 0.798. The van der Waals surface area contributed by atoms with Gasteiger partial charge in [0.25, 0.3) is 0 Å². The third-order valence-corrected chi connectivity index (χ3v) is 4.39. The maximum absolute atomic E-state index is 9.86. The highest BCUT2D eigenvalue weighted by atomic mass is 16.5. The smallest absolute Gasteiger partial charge is 0.120 e. The molecule has 2 rings (SSSR count). The van der Waals surface area contributed by atoms with E-state index in [-0.39, 0.29) is 29.1 Å². The van der Waals surface area contributed by atoms with Gasteiger partial charge in [-0.25, -0.2) is 0 Å². The quantitative estimate of drug-likeness (QED) is 0.732. The van der Waals surface area contributed by atoms with Gasteiger partial charge in [0.2, 0.25) is 0 Å². The van der Waals surface area contributed by atoms with Crippen LogP contribution in [0.5, 0.6) is 11.5 Å². The molecule has 4 nitrogen and oxygen atoms in total. The fourth-order valence-electron chi connectivity index (χ4n) is 2.85. The highest BCUT2D eigenvalue weighted by molar-refractivity contribution is 5.40. The number of hydrogen-bond donors (Lipinski definition) is 3. The molecule has 0 heterocycles. The van der Waals surface area contributed by atoms with Gasteiger partial charge >= 0.3 is 0 Å². The number of aromatic hydroxyl groups is 2. The van der Waals surface area contributed by atoms with Gasteiger partial charge < -0.3 is 20.3 Å². The van der Waals surface area contributed by atoms with Crippen LogP contribution in [0.4, 0.5) is 0 Å². The summed E-state index contributed by atoms with van der Waals surface area (Å²) < 4.78 is 5.43. The van der Waals surface area contributed by atoms with Gasteiger partial charge in [0.05, 0.1) is 6.10 Å². The SMILES string of the molecule is COC1CC(NC(C)c2cc(O)ccc2O)C1(C)C. The first kappa shape index (κ1) is 14.2. The van der Waals surface area contributed by atoms with Crippen molar-refractivity contribution in [3.8, 4) is 11.5 Å². The molecule has 1 aromatic rings. The molecule has 0 saturated heterocycles. The van der Waals surface area contributed by atoms with Crippen molar-refractivity contribution >= 4 is 0 Å². The second kappa shape index (κ2) is 5.02. The molecule has 1 aromatic carbocycles. The van der Waals surface area contributed by atoms with Crippen LogP contribution in [-0.4, -0.2) is 29.5 Å². The van der Waals surface area contributed by atoms with Gasteiger partial charge in [-0.15, -0.1) is 0 Å². The van der Waals surface area contributed by atoms with E-state index in [0.717, 1.165) is 12.0 Å². The number of ether oxygens (including phenoxy) is 1. The van der Waals surface area contributed by atoms with Gasteiger partial charge in [-0.3, -0.25) is 0 Å². The molecular formula is C15H23NO3. The van der Waals surface area contributed by atoms with Gasteiger partial charge in [0.1, 0.15) is 11.5 Å². The van der Waals surface area contributed by atoms with Crippen LogP contribution in [0.15, 0.2) is 18.2 Å². The Kier molecular flexibility index (Phi) is 3.74. The van der Waals surface area contributed by atoms with Crippen LogP contribution in [0.2, 0.25) is 0 Å². The molecule has 3 atom stereocenters. The number of nitrogens with one attached hydrogen (secondary N) is 1. The molecule has 0 radical (unpaired) electrons. The topological polar surface area (TPSA) is 61.7 Å². The summed E-state index contributed by atoms with van der Waals surface area (Å²) in [7, 11) is 1.74. The molecule has 1 aliphatic carbocycles. The fourth-order valence-corrected chi connectivity index (χ4v) is 2.85. The van der Waals surface area contributed by atoms with Crippen molar-refractivity contribution in [2.24, 2.45) is 5.41 Å². The van der Waals surface area contributed by atoms with E-state index in [1.165, 1.54) is 12.1 Å². The van der Waals surface area contributed by atoms with Crippen molar-refractivity contribution in [1.29, 1.82) is 0 Å². The van der Waals surface area contributed by atoms with E-state index in [0.29, 0.717) is 6.04 Å². The van der Waals surface area contributed by atoms with Crippen LogP contribution in [-0.2, 0) is 4.74 Å². The lowest BCUT2D eigenvalue weighted by Crippen LogP contribution is -2.60. The minimum Gasteiger partial charge on any atom is -0.508 e. The second-order valence-corrected chi connectivity index (χ2v) is 5.97. The van der Waals surface area contributed by atoms with Crippen LogP contribution in [0.3, 0.4) is 0 Å². The summed E-state index contributed by atoms with van der Waals surface area (Å²) in [6.45, 7) is 6.35. The molecule has 0 bridgehead atoms. The summed E-state index contributed by atoms with van der Waals surface area (Å²) in [6.07, 6.45) is 1.24. The summed E-state index contributed by atoms with van der Waals surface area (Å²) >= 11 is 0. The Balaban J connectivity index is 2.06. The van der Waals surface area contributed by atoms with Crippen LogP contribution in [0.25, 0.3) is 0 Å².